The van der Waals surface area contributed by atoms with E-state index < -0.39 is 9.87 Å². The number of alkyl halides is 2. The van der Waals surface area contributed by atoms with Crippen molar-refractivity contribution < 1.29 is 18.4 Å². The normalized spacial score (nSPS) is 20.7. The van der Waals surface area contributed by atoms with Gasteiger partial charge in [0, 0.05) is 40.5 Å². The molecule has 0 radical (unpaired) electrons. The molecule has 2 aromatic heterocycles. The molecule has 2 N–H and O–H groups in total. The quantitative estimate of drug-likeness (QED) is 0.0734. The molecule has 7 rings (SSSR count). The second-order valence-corrected chi connectivity index (χ2v) is 17.4. The number of rotatable bonds is 12. The molecule has 0 saturated carbocycles. The van der Waals surface area contributed by atoms with Crippen molar-refractivity contribution in [1.29, 1.82) is 0 Å². The third-order valence-electron chi connectivity index (χ3n) is 9.67. The molecule has 280 valence electrons. The van der Waals surface area contributed by atoms with Gasteiger partial charge in [0.1, 0.15) is 11.5 Å². The van der Waals surface area contributed by atoms with Crippen LogP contribution in [0.3, 0.4) is 0 Å². The fraction of sp³-hybridized carbons (Fsp3) is 0.318. The fourth-order valence-electron chi connectivity index (χ4n) is 6.97. The van der Waals surface area contributed by atoms with Crippen molar-refractivity contribution in [3.8, 4) is 11.5 Å². The number of aromatic nitrogens is 2. The van der Waals surface area contributed by atoms with E-state index in [0.717, 1.165) is 90.9 Å². The molecule has 3 aliphatic rings. The van der Waals surface area contributed by atoms with Crippen molar-refractivity contribution in [2.75, 3.05) is 68.6 Å². The second kappa shape index (κ2) is 14.9. The molecular formula is C44H50Cl2N6O2+2. The van der Waals surface area contributed by atoms with Crippen LogP contribution in [0.15, 0.2) is 119 Å². The summed E-state index contributed by atoms with van der Waals surface area (Å²) in [6.45, 7) is 3.29. The van der Waals surface area contributed by atoms with Crippen molar-refractivity contribution in [3.63, 3.8) is 0 Å². The van der Waals surface area contributed by atoms with Gasteiger partial charge in [-0.15, -0.1) is 11.6 Å². The van der Waals surface area contributed by atoms with Gasteiger partial charge in [-0.1, -0.05) is 35.9 Å². The number of nitrogens with zero attached hydrogens (tertiary/aromatic N) is 4. The molecule has 0 spiro atoms. The molecule has 8 nitrogen and oxygen atoms in total. The van der Waals surface area contributed by atoms with E-state index >= 15 is 0 Å². The second-order valence-electron chi connectivity index (χ2n) is 16.3. The number of quaternary nitrogens is 2. The van der Waals surface area contributed by atoms with Crippen LogP contribution in [0, 0.1) is 0 Å². The Bertz CT molecular complexity index is 2320. The zero-order valence-electron chi connectivity index (χ0n) is 32.0. The fourth-order valence-corrected chi connectivity index (χ4v) is 7.68. The lowest BCUT2D eigenvalue weighted by molar-refractivity contribution is -0.870. The first-order valence-corrected chi connectivity index (χ1v) is 19.3. The summed E-state index contributed by atoms with van der Waals surface area (Å²) in [6, 6.07) is 24.3. The highest BCUT2D eigenvalue weighted by molar-refractivity contribution is 6.38. The van der Waals surface area contributed by atoms with Crippen molar-refractivity contribution in [2.45, 2.75) is 22.7 Å². The molecule has 4 aromatic rings. The Labute approximate surface area is 328 Å². The molecule has 10 heteroatoms. The van der Waals surface area contributed by atoms with E-state index in [1.54, 1.807) is 0 Å². The molecule has 0 fully saturated rings. The Morgan fingerprint density at radius 2 is 1.43 bits per heavy atom. The minimum absolute atomic E-state index is 0.599. The molecule has 5 heterocycles. The minimum atomic E-state index is -1.36. The van der Waals surface area contributed by atoms with Crippen LogP contribution in [-0.2, 0) is 4.87 Å². The van der Waals surface area contributed by atoms with E-state index in [9.17, 15) is 0 Å². The van der Waals surface area contributed by atoms with E-state index in [-0.39, 0.29) is 0 Å². The largest absolute Gasteiger partial charge is 0.493 e. The smallest absolute Gasteiger partial charge is 0.181 e. The number of allylic oxidation sites excluding steroid dienone is 4. The molecule has 2 aromatic carbocycles. The SMILES string of the molecule is C[N+](C)(C)CCCOc1cccc(C2=c3ccc([nH]3)=Cc3ccc([nH]3)C(Cl)(c3cccc(OCCC[N+](C)(C)C)c3)C3(Cl)C=CC(=N3)C=C3C=CC2=N3)c1. The van der Waals surface area contributed by atoms with Gasteiger partial charge in [-0.05, 0) is 96.1 Å². The molecule has 0 saturated heterocycles. The Morgan fingerprint density at radius 1 is 0.722 bits per heavy atom. The summed E-state index contributed by atoms with van der Waals surface area (Å²) in [5.41, 5.74) is 6.58. The van der Waals surface area contributed by atoms with Crippen LogP contribution in [0.25, 0.3) is 11.6 Å². The maximum Gasteiger partial charge on any atom is 0.181 e. The molecule has 0 amide bonds. The zero-order chi connectivity index (χ0) is 38.1. The molecule has 2 unspecified atom stereocenters. The lowest BCUT2D eigenvalue weighted by atomic mass is 9.87. The van der Waals surface area contributed by atoms with Gasteiger partial charge in [0.05, 0.1) is 85.7 Å². The highest BCUT2D eigenvalue weighted by atomic mass is 35.5. The van der Waals surface area contributed by atoms with Gasteiger partial charge in [-0.2, -0.15) is 0 Å². The van der Waals surface area contributed by atoms with Gasteiger partial charge in [0.2, 0.25) is 0 Å². The topological polar surface area (TPSA) is 74.8 Å². The van der Waals surface area contributed by atoms with Crippen LogP contribution in [0.1, 0.15) is 35.4 Å². The molecular weight excluding hydrogens is 715 g/mol. The molecule has 54 heavy (non-hydrogen) atoms. The van der Waals surface area contributed by atoms with Crippen molar-refractivity contribution in [3.05, 3.63) is 142 Å². The summed E-state index contributed by atoms with van der Waals surface area (Å²) in [6.07, 6.45) is 13.7. The van der Waals surface area contributed by atoms with E-state index in [1.165, 1.54) is 0 Å². The van der Waals surface area contributed by atoms with E-state index in [1.807, 2.05) is 78.9 Å². The van der Waals surface area contributed by atoms with Gasteiger partial charge in [-0.3, -0.25) is 4.99 Å². The lowest BCUT2D eigenvalue weighted by Gasteiger charge is -2.37. The first-order valence-electron chi connectivity index (χ1n) is 18.5. The monoisotopic (exact) mass is 764 g/mol. The first-order chi connectivity index (χ1) is 25.7. The lowest BCUT2D eigenvalue weighted by Crippen LogP contribution is -2.41. The summed E-state index contributed by atoms with van der Waals surface area (Å²) >= 11 is 15.4. The van der Waals surface area contributed by atoms with Crippen LogP contribution >= 0.6 is 23.2 Å². The third-order valence-corrected chi connectivity index (χ3v) is 11.0. The van der Waals surface area contributed by atoms with E-state index in [4.69, 9.17) is 42.7 Å². The van der Waals surface area contributed by atoms with Crippen molar-refractivity contribution in [1.82, 2.24) is 9.97 Å². The van der Waals surface area contributed by atoms with Gasteiger partial charge >= 0.3 is 0 Å². The van der Waals surface area contributed by atoms with E-state index in [2.05, 4.69) is 82.6 Å². The number of hydrogen-bond donors (Lipinski definition) is 2. The van der Waals surface area contributed by atoms with Crippen LogP contribution < -0.4 is 20.2 Å². The Kier molecular flexibility index (Phi) is 10.4. The number of aromatic amines is 2. The van der Waals surface area contributed by atoms with Crippen molar-refractivity contribution in [2.24, 2.45) is 9.98 Å². The molecule has 2 atom stereocenters. The van der Waals surface area contributed by atoms with Gasteiger partial charge in [0.15, 0.2) is 9.87 Å². The number of hydrogen-bond acceptors (Lipinski definition) is 4. The number of nitrogens with one attached hydrogen (secondary N) is 2. The average molecular weight is 766 g/mol. The molecule has 0 aliphatic carbocycles. The Hall–Kier alpha value is -4.60. The van der Waals surface area contributed by atoms with Crippen molar-refractivity contribution >= 4 is 46.3 Å². The maximum atomic E-state index is 7.82. The Balaban J connectivity index is 1.29. The van der Waals surface area contributed by atoms with Gasteiger partial charge in [0.25, 0.3) is 0 Å². The van der Waals surface area contributed by atoms with Crippen LogP contribution in [0.5, 0.6) is 11.5 Å². The summed E-state index contributed by atoms with van der Waals surface area (Å²) in [5.74, 6) is 1.56. The summed E-state index contributed by atoms with van der Waals surface area (Å²) < 4.78 is 14.2. The summed E-state index contributed by atoms with van der Waals surface area (Å²) in [5, 5.41) is 1.86. The standard InChI is InChI=1S/C44H50Cl2N6O2/c1-51(2,3)23-9-25-53-37-13-7-11-31(27-37)42-39-18-15-33(47-39)29-35-17-20-41(49-35)44(46,32-12-8-14-38(28-32)54-26-10-24-52(4,5)6)43(45)22-21-36(50-43)30-34-16-19-40(42)48-34/h7-8,11-22,27-30,47,49H,9-10,23-26H2,1-6H3/q+2. The molecule has 3 aliphatic heterocycles. The van der Waals surface area contributed by atoms with Crippen LogP contribution in [0.2, 0.25) is 0 Å². The summed E-state index contributed by atoms with van der Waals surface area (Å²) in [7, 11) is 13.1. The van der Waals surface area contributed by atoms with Gasteiger partial charge < -0.3 is 28.4 Å². The number of fused-ring (bicyclic) bond motifs is 6. The van der Waals surface area contributed by atoms with Crippen LogP contribution in [0.4, 0.5) is 0 Å². The molecule has 8 bridgehead atoms. The first kappa shape index (κ1) is 37.7. The number of aliphatic imine (C=N–C) groups is 2. The average Bonchev–Trinajstić information content (AvgIpc) is 3.94. The predicted molar refractivity (Wildman–Crippen MR) is 222 cm³/mol. The number of ether oxygens (including phenoxy) is 2. The minimum Gasteiger partial charge on any atom is -0.493 e. The maximum absolute atomic E-state index is 7.82. The van der Waals surface area contributed by atoms with Crippen LogP contribution in [-0.4, -0.2) is 104 Å². The number of H-pyrrole nitrogens is 2. The Morgan fingerprint density at radius 3 is 2.15 bits per heavy atom. The summed E-state index contributed by atoms with van der Waals surface area (Å²) in [4.78, 5) is 14.7. The number of halogens is 2. The van der Waals surface area contributed by atoms with Gasteiger partial charge in [-0.25, -0.2) is 4.99 Å². The highest BCUT2D eigenvalue weighted by Gasteiger charge is 2.53. The van der Waals surface area contributed by atoms with E-state index in [0.29, 0.717) is 24.6 Å². The zero-order valence-corrected chi connectivity index (χ0v) is 33.5. The number of benzene rings is 2. The predicted octanol–water partition coefficient (Wildman–Crippen LogP) is 6.66. The third kappa shape index (κ3) is 8.37. The highest BCUT2D eigenvalue weighted by Crippen LogP contribution is 2.52.